The Kier molecular flexibility index (Phi) is 2.38. The number of nitrogens with one attached hydrogen (secondary N) is 1. The van der Waals surface area contributed by atoms with Gasteiger partial charge in [-0.15, -0.1) is 5.10 Å². The second-order valence-electron chi connectivity index (χ2n) is 2.05. The van der Waals surface area contributed by atoms with Crippen molar-refractivity contribution in [3.05, 3.63) is 12.2 Å². The summed E-state index contributed by atoms with van der Waals surface area (Å²) in [5, 5.41) is 14.5. The molecule has 0 radical (unpaired) electrons. The van der Waals surface area contributed by atoms with Crippen molar-refractivity contribution in [1.82, 2.24) is 20.1 Å². The van der Waals surface area contributed by atoms with Crippen molar-refractivity contribution in [3.8, 4) is 6.07 Å². The molecular weight excluding hydrogens is 158 g/mol. The Morgan fingerprint density at radius 1 is 1.92 bits per heavy atom. The number of carbonyl (C=O) groups excluding carboxylic acids is 1. The lowest BCUT2D eigenvalue weighted by Gasteiger charge is -1.96. The van der Waals surface area contributed by atoms with Gasteiger partial charge >= 0.3 is 0 Å². The highest BCUT2D eigenvalue weighted by Crippen LogP contribution is 1.86. The lowest BCUT2D eigenvalue weighted by molar-refractivity contribution is -0.121. The fourth-order valence-electron chi connectivity index (χ4n) is 0.648. The molecule has 0 atom stereocenters. The molecule has 0 saturated heterocycles. The van der Waals surface area contributed by atoms with Gasteiger partial charge in [0.25, 0.3) is 5.82 Å². The number of likely N-dealkylation sites (N-methyl/N-ethyl adjacent to an activating group) is 1. The number of hydrogen-bond donors (Lipinski definition) is 1. The third-order valence-electron chi connectivity index (χ3n) is 1.22. The molecule has 6 nitrogen and oxygen atoms in total. The molecule has 0 saturated carbocycles. The van der Waals surface area contributed by atoms with Crippen LogP contribution in [0.1, 0.15) is 5.82 Å². The van der Waals surface area contributed by atoms with Gasteiger partial charge < -0.3 is 5.32 Å². The largest absolute Gasteiger partial charge is 0.358 e. The van der Waals surface area contributed by atoms with Gasteiger partial charge in [-0.25, -0.2) is 9.67 Å². The highest BCUT2D eigenvalue weighted by atomic mass is 16.1. The number of aromatic nitrogens is 3. The molecular formula is C6H7N5O. The molecule has 6 heteroatoms. The van der Waals surface area contributed by atoms with Gasteiger partial charge in [0.1, 0.15) is 18.9 Å². The van der Waals surface area contributed by atoms with Crippen LogP contribution >= 0.6 is 0 Å². The van der Waals surface area contributed by atoms with Crippen LogP contribution in [0.15, 0.2) is 6.33 Å². The molecule has 0 fully saturated rings. The minimum absolute atomic E-state index is 0.0684. The van der Waals surface area contributed by atoms with Crippen molar-refractivity contribution < 1.29 is 4.79 Å². The van der Waals surface area contributed by atoms with Crippen LogP contribution in [-0.4, -0.2) is 27.7 Å². The summed E-state index contributed by atoms with van der Waals surface area (Å²) in [5.41, 5.74) is 0. The van der Waals surface area contributed by atoms with E-state index in [9.17, 15) is 4.79 Å². The second kappa shape index (κ2) is 3.48. The van der Waals surface area contributed by atoms with Gasteiger partial charge in [-0.1, -0.05) is 0 Å². The Morgan fingerprint density at radius 2 is 2.67 bits per heavy atom. The Bertz CT molecular complexity index is 323. The van der Waals surface area contributed by atoms with Gasteiger partial charge in [-0.2, -0.15) is 5.26 Å². The molecule has 62 valence electrons. The summed E-state index contributed by atoms with van der Waals surface area (Å²) in [4.78, 5) is 14.4. The van der Waals surface area contributed by atoms with E-state index in [1.54, 1.807) is 6.07 Å². The van der Waals surface area contributed by atoms with E-state index in [0.29, 0.717) is 0 Å². The topological polar surface area (TPSA) is 83.6 Å². The van der Waals surface area contributed by atoms with Crippen LogP contribution in [0.25, 0.3) is 0 Å². The van der Waals surface area contributed by atoms with E-state index in [1.807, 2.05) is 0 Å². The Labute approximate surface area is 68.8 Å². The summed E-state index contributed by atoms with van der Waals surface area (Å²) in [6.07, 6.45) is 1.34. The van der Waals surface area contributed by atoms with Crippen molar-refractivity contribution >= 4 is 5.91 Å². The maximum atomic E-state index is 10.8. The van der Waals surface area contributed by atoms with Gasteiger partial charge in [0, 0.05) is 7.05 Å². The van der Waals surface area contributed by atoms with Gasteiger partial charge in [-0.3, -0.25) is 4.79 Å². The minimum Gasteiger partial charge on any atom is -0.358 e. The number of amides is 1. The zero-order valence-corrected chi connectivity index (χ0v) is 6.48. The highest BCUT2D eigenvalue weighted by Gasteiger charge is 2.02. The average Bonchev–Trinajstić information content (AvgIpc) is 2.52. The molecule has 0 aliphatic carbocycles. The van der Waals surface area contributed by atoms with Crippen molar-refractivity contribution in [3.63, 3.8) is 0 Å². The van der Waals surface area contributed by atoms with Gasteiger partial charge in [0.2, 0.25) is 5.91 Å². The lowest BCUT2D eigenvalue weighted by atomic mass is 10.6. The molecule has 0 bridgehead atoms. The van der Waals surface area contributed by atoms with Gasteiger partial charge in [0.05, 0.1) is 0 Å². The van der Waals surface area contributed by atoms with Crippen molar-refractivity contribution in [2.45, 2.75) is 6.54 Å². The van der Waals surface area contributed by atoms with Crippen LogP contribution in [0.2, 0.25) is 0 Å². The van der Waals surface area contributed by atoms with E-state index in [4.69, 9.17) is 5.26 Å². The Hall–Kier alpha value is -1.90. The van der Waals surface area contributed by atoms with Gasteiger partial charge in [0.15, 0.2) is 0 Å². The van der Waals surface area contributed by atoms with E-state index >= 15 is 0 Å². The molecule has 1 aromatic rings. The van der Waals surface area contributed by atoms with E-state index < -0.39 is 0 Å². The van der Waals surface area contributed by atoms with Crippen LogP contribution < -0.4 is 5.32 Å². The van der Waals surface area contributed by atoms with Crippen LogP contribution in [0.5, 0.6) is 0 Å². The first-order valence-electron chi connectivity index (χ1n) is 3.26. The zero-order chi connectivity index (χ0) is 8.97. The standard InChI is InChI=1S/C6H7N5O/c1-8-6(12)3-11-4-9-5(2-7)10-11/h4H,3H2,1H3,(H,8,12). The van der Waals surface area contributed by atoms with Crippen LogP contribution in [0.3, 0.4) is 0 Å². The Morgan fingerprint density at radius 3 is 3.17 bits per heavy atom. The number of hydrogen-bond acceptors (Lipinski definition) is 4. The monoisotopic (exact) mass is 165 g/mol. The number of rotatable bonds is 2. The molecule has 1 heterocycles. The van der Waals surface area contributed by atoms with Crippen molar-refractivity contribution in [2.75, 3.05) is 7.05 Å². The highest BCUT2D eigenvalue weighted by molar-refractivity contribution is 5.75. The predicted octanol–water partition coefficient (Wildman–Crippen LogP) is -1.10. The third-order valence-corrected chi connectivity index (χ3v) is 1.22. The van der Waals surface area contributed by atoms with Crippen LogP contribution in [0, 0.1) is 11.3 Å². The molecule has 1 aromatic heterocycles. The fourth-order valence-corrected chi connectivity index (χ4v) is 0.648. The quantitative estimate of drug-likeness (QED) is 0.602. The van der Waals surface area contributed by atoms with Crippen molar-refractivity contribution in [1.29, 1.82) is 5.26 Å². The molecule has 0 spiro atoms. The Balaban J connectivity index is 2.65. The molecule has 1 N–H and O–H groups in total. The first-order valence-corrected chi connectivity index (χ1v) is 3.26. The normalized spacial score (nSPS) is 9.00. The number of nitrogens with zero attached hydrogens (tertiary/aromatic N) is 4. The van der Waals surface area contributed by atoms with Crippen LogP contribution in [-0.2, 0) is 11.3 Å². The van der Waals surface area contributed by atoms with Gasteiger partial charge in [-0.05, 0) is 0 Å². The summed E-state index contributed by atoms with van der Waals surface area (Å²) in [6, 6.07) is 1.76. The minimum atomic E-state index is -0.176. The maximum absolute atomic E-state index is 10.8. The summed E-state index contributed by atoms with van der Waals surface area (Å²) < 4.78 is 1.30. The smallest absolute Gasteiger partial charge is 0.252 e. The molecule has 0 unspecified atom stereocenters. The zero-order valence-electron chi connectivity index (χ0n) is 6.48. The summed E-state index contributed by atoms with van der Waals surface area (Å²) in [5.74, 6) is -0.108. The van der Waals surface area contributed by atoms with E-state index in [-0.39, 0.29) is 18.3 Å². The molecule has 12 heavy (non-hydrogen) atoms. The molecule has 0 aromatic carbocycles. The van der Waals surface area contributed by atoms with Crippen molar-refractivity contribution in [2.24, 2.45) is 0 Å². The third kappa shape index (κ3) is 1.79. The maximum Gasteiger partial charge on any atom is 0.252 e. The second-order valence-corrected chi connectivity index (χ2v) is 2.05. The summed E-state index contributed by atoms with van der Waals surface area (Å²) in [6.45, 7) is 0.0885. The fraction of sp³-hybridized carbons (Fsp3) is 0.333. The first-order chi connectivity index (χ1) is 5.76. The predicted molar refractivity (Wildman–Crippen MR) is 38.8 cm³/mol. The molecule has 1 amide bonds. The molecule has 1 rings (SSSR count). The van der Waals surface area contributed by atoms with Crippen LogP contribution in [0.4, 0.5) is 0 Å². The molecule has 0 aliphatic heterocycles. The van der Waals surface area contributed by atoms with E-state index in [0.717, 1.165) is 0 Å². The lowest BCUT2D eigenvalue weighted by Crippen LogP contribution is -2.23. The summed E-state index contributed by atoms with van der Waals surface area (Å²) >= 11 is 0. The summed E-state index contributed by atoms with van der Waals surface area (Å²) in [7, 11) is 1.53. The molecule has 0 aliphatic rings. The first kappa shape index (κ1) is 8.20. The SMILES string of the molecule is CNC(=O)Cn1cnc(C#N)n1. The van der Waals surface area contributed by atoms with E-state index in [1.165, 1.54) is 18.1 Å². The average molecular weight is 165 g/mol. The van der Waals surface area contributed by atoms with E-state index in [2.05, 4.69) is 15.4 Å². The number of carbonyl (C=O) groups is 1. The number of nitriles is 1.